The van der Waals surface area contributed by atoms with Gasteiger partial charge < -0.3 is 14.4 Å². The van der Waals surface area contributed by atoms with E-state index >= 15 is 0 Å². The zero-order valence-corrected chi connectivity index (χ0v) is 10.7. The molecule has 0 bridgehead atoms. The van der Waals surface area contributed by atoms with Gasteiger partial charge in [-0.1, -0.05) is 32.1 Å². The lowest BCUT2D eigenvalue weighted by Crippen LogP contribution is -2.14. The summed E-state index contributed by atoms with van der Waals surface area (Å²) in [7, 11) is 0. The second-order valence-electron chi connectivity index (χ2n) is 3.77. The molecule has 0 saturated heterocycles. The molecule has 1 aliphatic rings. The predicted molar refractivity (Wildman–Crippen MR) is 71.2 cm³/mol. The Kier molecular flexibility index (Phi) is 4.12. The molecule has 0 amide bonds. The fraction of sp³-hybridized carbons (Fsp3) is 0.357. The molecule has 1 aromatic heterocycles. The largest absolute Gasteiger partial charge is 0.393 e. The minimum Gasteiger partial charge on any atom is -0.393 e. The Hall–Kier alpha value is -1.65. The van der Waals surface area contributed by atoms with E-state index in [0.717, 1.165) is 11.0 Å². The zero-order valence-electron chi connectivity index (χ0n) is 10.7. The molecule has 1 N–H and O–H groups in total. The van der Waals surface area contributed by atoms with Gasteiger partial charge in [0.05, 0.1) is 24.0 Å². The molecule has 2 aromatic rings. The van der Waals surface area contributed by atoms with Crippen molar-refractivity contribution in [3.8, 4) is 0 Å². The van der Waals surface area contributed by atoms with Crippen LogP contribution in [0.1, 0.15) is 20.1 Å². The van der Waals surface area contributed by atoms with E-state index in [4.69, 9.17) is 9.84 Å². The highest BCUT2D eigenvalue weighted by molar-refractivity contribution is 5.75. The van der Waals surface area contributed by atoms with E-state index in [1.54, 1.807) is 6.33 Å². The van der Waals surface area contributed by atoms with Crippen LogP contribution >= 0.6 is 0 Å². The summed E-state index contributed by atoms with van der Waals surface area (Å²) >= 11 is 0. The smallest absolute Gasteiger partial charge is 0.155 e. The fourth-order valence-corrected chi connectivity index (χ4v) is 1.93. The lowest BCUT2D eigenvalue weighted by atomic mass is 10.3. The molecular weight excluding hydrogens is 228 g/mol. The molecule has 2 heterocycles. The van der Waals surface area contributed by atoms with E-state index in [1.807, 2.05) is 54.8 Å². The second-order valence-corrected chi connectivity index (χ2v) is 3.77. The number of aromatic nitrogens is 2. The third-order valence-corrected chi connectivity index (χ3v) is 2.74. The van der Waals surface area contributed by atoms with E-state index in [0.29, 0.717) is 0 Å². The average Bonchev–Trinajstić information content (AvgIpc) is 3.07. The van der Waals surface area contributed by atoms with Gasteiger partial charge in [-0.15, -0.1) is 0 Å². The van der Waals surface area contributed by atoms with Gasteiger partial charge >= 0.3 is 0 Å². The van der Waals surface area contributed by atoms with Crippen molar-refractivity contribution in [1.82, 2.24) is 9.55 Å². The molecule has 1 aliphatic heterocycles. The number of aliphatic hydroxyl groups is 1. The number of benzene rings is 1. The van der Waals surface area contributed by atoms with Crippen molar-refractivity contribution in [3.05, 3.63) is 42.7 Å². The zero-order chi connectivity index (χ0) is 13.0. The Labute approximate surface area is 107 Å². The summed E-state index contributed by atoms with van der Waals surface area (Å²) in [4.78, 5) is 4.30. The number of hydrogen-bond acceptors (Lipinski definition) is 3. The average molecular weight is 246 g/mol. The van der Waals surface area contributed by atoms with Gasteiger partial charge in [-0.2, -0.15) is 0 Å². The lowest BCUT2D eigenvalue weighted by Gasteiger charge is -2.14. The maximum atomic E-state index is 8.99. The molecule has 0 fully saturated rings. The van der Waals surface area contributed by atoms with Crippen LogP contribution in [0, 0.1) is 0 Å². The van der Waals surface area contributed by atoms with Crippen molar-refractivity contribution in [2.24, 2.45) is 0 Å². The molecule has 0 spiro atoms. The standard InChI is InChI=1S/C12H12N2O2.C2H6/c15-7-9-5-6-12(16-9)14-8-13-10-3-1-2-4-11(10)14;1-2/h1-6,8-9,12,15H,7H2;1-2H3. The molecule has 1 aromatic carbocycles. The van der Waals surface area contributed by atoms with Gasteiger partial charge in [0.1, 0.15) is 6.10 Å². The van der Waals surface area contributed by atoms with Crippen molar-refractivity contribution in [3.63, 3.8) is 0 Å². The van der Waals surface area contributed by atoms with Crippen molar-refractivity contribution in [2.75, 3.05) is 6.61 Å². The van der Waals surface area contributed by atoms with Crippen LogP contribution in [0.3, 0.4) is 0 Å². The number of rotatable bonds is 2. The Morgan fingerprint density at radius 3 is 2.78 bits per heavy atom. The molecule has 0 aliphatic carbocycles. The first kappa shape index (κ1) is 12.8. The second kappa shape index (κ2) is 5.80. The summed E-state index contributed by atoms with van der Waals surface area (Å²) in [6, 6.07) is 7.91. The number of nitrogens with zero attached hydrogens (tertiary/aromatic N) is 2. The van der Waals surface area contributed by atoms with Crippen LogP contribution in [0.5, 0.6) is 0 Å². The van der Waals surface area contributed by atoms with E-state index in [9.17, 15) is 0 Å². The quantitative estimate of drug-likeness (QED) is 0.828. The topological polar surface area (TPSA) is 47.3 Å². The van der Waals surface area contributed by atoms with Gasteiger partial charge in [-0.25, -0.2) is 4.98 Å². The summed E-state index contributed by atoms with van der Waals surface area (Å²) < 4.78 is 7.58. The third-order valence-electron chi connectivity index (χ3n) is 2.74. The number of fused-ring (bicyclic) bond motifs is 1. The Morgan fingerprint density at radius 2 is 2.06 bits per heavy atom. The molecule has 18 heavy (non-hydrogen) atoms. The SMILES string of the molecule is CC.OCC1C=CC(n2cnc3ccccc32)O1. The van der Waals surface area contributed by atoms with Gasteiger partial charge in [0.2, 0.25) is 0 Å². The van der Waals surface area contributed by atoms with Gasteiger partial charge in [-0.05, 0) is 18.2 Å². The lowest BCUT2D eigenvalue weighted by molar-refractivity contribution is -0.00615. The van der Waals surface area contributed by atoms with Gasteiger partial charge in [0, 0.05) is 0 Å². The van der Waals surface area contributed by atoms with Crippen molar-refractivity contribution < 1.29 is 9.84 Å². The first-order chi connectivity index (χ1) is 8.88. The van der Waals surface area contributed by atoms with Crippen molar-refractivity contribution >= 4 is 11.0 Å². The Morgan fingerprint density at radius 1 is 1.28 bits per heavy atom. The highest BCUT2D eigenvalue weighted by Crippen LogP contribution is 2.24. The molecule has 0 saturated carbocycles. The first-order valence-electron chi connectivity index (χ1n) is 6.25. The van der Waals surface area contributed by atoms with Crippen LogP contribution in [-0.4, -0.2) is 27.4 Å². The molecule has 96 valence electrons. The van der Waals surface area contributed by atoms with Crippen molar-refractivity contribution in [2.45, 2.75) is 26.2 Å². The summed E-state index contributed by atoms with van der Waals surface area (Å²) in [5.41, 5.74) is 1.99. The molecule has 2 atom stereocenters. The number of hydrogen-bond donors (Lipinski definition) is 1. The number of ether oxygens (including phenoxy) is 1. The molecular formula is C14H18N2O2. The summed E-state index contributed by atoms with van der Waals surface area (Å²) in [5, 5.41) is 8.99. The maximum absolute atomic E-state index is 8.99. The molecule has 4 heteroatoms. The number of imidazole rings is 1. The highest BCUT2D eigenvalue weighted by Gasteiger charge is 2.20. The summed E-state index contributed by atoms with van der Waals surface area (Å²) in [5.74, 6) is 0. The molecule has 2 unspecified atom stereocenters. The van der Waals surface area contributed by atoms with Crippen LogP contribution in [0.4, 0.5) is 0 Å². The Balaban J connectivity index is 0.000000574. The van der Waals surface area contributed by atoms with Gasteiger partial charge in [0.25, 0.3) is 0 Å². The Bertz CT molecular complexity index is 533. The van der Waals surface area contributed by atoms with Gasteiger partial charge in [-0.3, -0.25) is 0 Å². The van der Waals surface area contributed by atoms with E-state index in [1.165, 1.54) is 0 Å². The van der Waals surface area contributed by atoms with Crippen LogP contribution in [0.25, 0.3) is 11.0 Å². The maximum Gasteiger partial charge on any atom is 0.155 e. The highest BCUT2D eigenvalue weighted by atomic mass is 16.5. The molecule has 0 radical (unpaired) electrons. The molecule has 4 nitrogen and oxygen atoms in total. The predicted octanol–water partition coefficient (Wildman–Crippen LogP) is 2.51. The van der Waals surface area contributed by atoms with Gasteiger partial charge in [0.15, 0.2) is 6.23 Å². The minimum absolute atomic E-state index is 0.0135. The normalized spacial score (nSPS) is 21.9. The monoisotopic (exact) mass is 246 g/mol. The van der Waals surface area contributed by atoms with Crippen LogP contribution < -0.4 is 0 Å². The minimum atomic E-state index is -0.203. The first-order valence-corrected chi connectivity index (χ1v) is 6.25. The van der Waals surface area contributed by atoms with Crippen LogP contribution in [-0.2, 0) is 4.74 Å². The van der Waals surface area contributed by atoms with E-state index in [2.05, 4.69) is 4.98 Å². The fourth-order valence-electron chi connectivity index (χ4n) is 1.93. The van der Waals surface area contributed by atoms with Crippen LogP contribution in [0.2, 0.25) is 0 Å². The third kappa shape index (κ3) is 2.30. The van der Waals surface area contributed by atoms with Crippen LogP contribution in [0.15, 0.2) is 42.7 Å². The molecule has 3 rings (SSSR count). The van der Waals surface area contributed by atoms with Crippen molar-refractivity contribution in [1.29, 1.82) is 0 Å². The number of aliphatic hydroxyl groups excluding tert-OH is 1. The number of para-hydroxylation sites is 2. The van der Waals surface area contributed by atoms with E-state index in [-0.39, 0.29) is 18.9 Å². The summed E-state index contributed by atoms with van der Waals surface area (Å²) in [6.07, 6.45) is 5.21. The summed E-state index contributed by atoms with van der Waals surface area (Å²) in [6.45, 7) is 4.01. The van der Waals surface area contributed by atoms with E-state index < -0.39 is 0 Å².